The number of fused-ring (bicyclic) bond motifs is 1. The predicted molar refractivity (Wildman–Crippen MR) is 107 cm³/mol. The standard InChI is InChI=1S/C17H22BN7O2/c1-24-9-21-14-15(24)13(16(19)23-17(14)25(2)18)11-6-4-5-10(22-11)7-20-12(26)8-27-3/h4-6,9H,7-8,18H2,1-3H3,(H2,19,23)(H,20,26). The lowest BCUT2D eigenvalue weighted by atomic mass is 10.1. The second-order valence-corrected chi connectivity index (χ2v) is 6.37. The Morgan fingerprint density at radius 2 is 2.19 bits per heavy atom. The number of nitrogen functional groups attached to an aromatic ring is 1. The van der Waals surface area contributed by atoms with Gasteiger partial charge in [-0.15, -0.1) is 0 Å². The van der Waals surface area contributed by atoms with E-state index in [1.807, 2.05) is 49.7 Å². The van der Waals surface area contributed by atoms with Gasteiger partial charge in [0, 0.05) is 14.2 Å². The van der Waals surface area contributed by atoms with Crippen LogP contribution in [0.3, 0.4) is 0 Å². The molecule has 0 aliphatic carbocycles. The van der Waals surface area contributed by atoms with Crippen molar-refractivity contribution in [1.82, 2.24) is 24.8 Å². The third-order valence-electron chi connectivity index (χ3n) is 4.10. The maximum atomic E-state index is 11.6. The van der Waals surface area contributed by atoms with Crippen LogP contribution in [0.2, 0.25) is 0 Å². The van der Waals surface area contributed by atoms with E-state index in [2.05, 4.69) is 20.3 Å². The SMILES string of the molecule is BN(C)c1nc(N)c(-c2cccc(CNC(=O)COC)n2)c2c1ncn2C. The molecule has 0 spiro atoms. The van der Waals surface area contributed by atoms with Crippen LogP contribution in [-0.4, -0.2) is 54.2 Å². The summed E-state index contributed by atoms with van der Waals surface area (Å²) in [6.07, 6.45) is 1.73. The van der Waals surface area contributed by atoms with Crippen molar-refractivity contribution in [2.75, 3.05) is 31.3 Å². The quantitative estimate of drug-likeness (QED) is 0.584. The monoisotopic (exact) mass is 367 g/mol. The highest BCUT2D eigenvalue weighted by molar-refractivity contribution is 6.20. The van der Waals surface area contributed by atoms with Gasteiger partial charge < -0.3 is 25.2 Å². The number of methoxy groups -OCH3 is 1. The summed E-state index contributed by atoms with van der Waals surface area (Å²) in [5.41, 5.74) is 10.0. The Bertz CT molecular complexity index is 987. The highest BCUT2D eigenvalue weighted by atomic mass is 16.5. The molecule has 0 bridgehead atoms. The number of amides is 1. The molecule has 9 nitrogen and oxygen atoms in total. The van der Waals surface area contributed by atoms with Crippen molar-refractivity contribution < 1.29 is 9.53 Å². The zero-order valence-electron chi connectivity index (χ0n) is 15.9. The van der Waals surface area contributed by atoms with Crippen LogP contribution < -0.4 is 15.9 Å². The van der Waals surface area contributed by atoms with E-state index in [4.69, 9.17) is 10.5 Å². The summed E-state index contributed by atoms with van der Waals surface area (Å²) in [4.78, 5) is 27.1. The summed E-state index contributed by atoms with van der Waals surface area (Å²) >= 11 is 0. The van der Waals surface area contributed by atoms with Gasteiger partial charge in [-0.3, -0.25) is 9.78 Å². The molecule has 0 saturated carbocycles. The number of pyridine rings is 2. The van der Waals surface area contributed by atoms with E-state index in [9.17, 15) is 4.79 Å². The average molecular weight is 367 g/mol. The van der Waals surface area contributed by atoms with Gasteiger partial charge in [0.25, 0.3) is 0 Å². The van der Waals surface area contributed by atoms with E-state index < -0.39 is 0 Å². The first-order valence-corrected chi connectivity index (χ1v) is 8.42. The van der Waals surface area contributed by atoms with Crippen LogP contribution in [0, 0.1) is 0 Å². The number of nitrogens with one attached hydrogen (secondary N) is 1. The van der Waals surface area contributed by atoms with Gasteiger partial charge in [0.15, 0.2) is 0 Å². The molecule has 1 amide bonds. The zero-order chi connectivity index (χ0) is 19.6. The number of carbonyl (C=O) groups excluding carboxylic acids is 1. The molecule has 140 valence electrons. The molecule has 0 aliphatic heterocycles. The Morgan fingerprint density at radius 3 is 2.89 bits per heavy atom. The third kappa shape index (κ3) is 3.70. The van der Waals surface area contributed by atoms with Crippen LogP contribution in [0.25, 0.3) is 22.3 Å². The van der Waals surface area contributed by atoms with Gasteiger partial charge in [-0.1, -0.05) is 6.07 Å². The number of carbonyl (C=O) groups is 1. The molecule has 10 heteroatoms. The van der Waals surface area contributed by atoms with Crippen LogP contribution in [0.4, 0.5) is 11.6 Å². The lowest BCUT2D eigenvalue weighted by Gasteiger charge is -2.16. The second-order valence-electron chi connectivity index (χ2n) is 6.37. The Balaban J connectivity index is 2.04. The number of hydrogen-bond donors (Lipinski definition) is 2. The number of anilines is 2. The number of aryl methyl sites for hydroxylation is 1. The van der Waals surface area contributed by atoms with E-state index in [1.54, 1.807) is 6.33 Å². The van der Waals surface area contributed by atoms with Crippen molar-refractivity contribution >= 4 is 36.6 Å². The first-order valence-electron chi connectivity index (χ1n) is 8.42. The lowest BCUT2D eigenvalue weighted by Crippen LogP contribution is -2.26. The van der Waals surface area contributed by atoms with Crippen LogP contribution in [0.5, 0.6) is 0 Å². The van der Waals surface area contributed by atoms with Gasteiger partial charge in [-0.2, -0.15) is 0 Å². The topological polar surface area (TPSA) is 111 Å². The van der Waals surface area contributed by atoms with Gasteiger partial charge in [-0.25, -0.2) is 9.97 Å². The number of nitrogens with zero attached hydrogens (tertiary/aromatic N) is 5. The number of ether oxygens (including phenoxy) is 1. The lowest BCUT2D eigenvalue weighted by molar-refractivity contribution is -0.124. The minimum absolute atomic E-state index is 0.0121. The second kappa shape index (κ2) is 7.62. The largest absolute Gasteiger partial charge is 0.408 e. The Labute approximate surface area is 158 Å². The van der Waals surface area contributed by atoms with E-state index >= 15 is 0 Å². The van der Waals surface area contributed by atoms with Crippen molar-refractivity contribution in [2.45, 2.75) is 6.54 Å². The molecule has 0 saturated heterocycles. The smallest absolute Gasteiger partial charge is 0.246 e. The predicted octanol–water partition coefficient (Wildman–Crippen LogP) is -0.141. The summed E-state index contributed by atoms with van der Waals surface area (Å²) < 4.78 is 6.72. The third-order valence-corrected chi connectivity index (χ3v) is 4.10. The Hall–Kier alpha value is -3.14. The highest BCUT2D eigenvalue weighted by Crippen LogP contribution is 2.35. The minimum atomic E-state index is -0.199. The fourth-order valence-corrected chi connectivity index (χ4v) is 2.89. The van der Waals surface area contributed by atoms with Gasteiger partial charge in [0.1, 0.15) is 23.8 Å². The van der Waals surface area contributed by atoms with Crippen molar-refractivity contribution in [3.05, 3.63) is 30.2 Å². The number of imidazole rings is 1. The maximum absolute atomic E-state index is 11.6. The fourth-order valence-electron chi connectivity index (χ4n) is 2.89. The number of aromatic nitrogens is 4. The normalized spacial score (nSPS) is 10.9. The maximum Gasteiger partial charge on any atom is 0.246 e. The molecule has 3 N–H and O–H groups in total. The minimum Gasteiger partial charge on any atom is -0.408 e. The summed E-state index contributed by atoms with van der Waals surface area (Å²) in [7, 11) is 7.19. The van der Waals surface area contributed by atoms with E-state index in [-0.39, 0.29) is 12.5 Å². The van der Waals surface area contributed by atoms with Crippen molar-refractivity contribution in [3.63, 3.8) is 0 Å². The number of nitrogens with two attached hydrogens (primary N) is 1. The summed E-state index contributed by atoms with van der Waals surface area (Å²) in [6.45, 7) is 0.311. The molecule has 0 fully saturated rings. The molecular weight excluding hydrogens is 345 g/mol. The molecular formula is C17H22BN7O2. The first kappa shape index (κ1) is 18.6. The number of hydrogen-bond acceptors (Lipinski definition) is 7. The summed E-state index contributed by atoms with van der Waals surface area (Å²) in [5, 5.41) is 2.76. The molecule has 27 heavy (non-hydrogen) atoms. The van der Waals surface area contributed by atoms with Crippen molar-refractivity contribution in [2.24, 2.45) is 7.05 Å². The van der Waals surface area contributed by atoms with Crippen LogP contribution >= 0.6 is 0 Å². The van der Waals surface area contributed by atoms with Crippen LogP contribution in [0.15, 0.2) is 24.5 Å². The van der Waals surface area contributed by atoms with Crippen molar-refractivity contribution in [1.29, 1.82) is 0 Å². The van der Waals surface area contributed by atoms with Crippen LogP contribution in [-0.2, 0) is 23.1 Å². The van der Waals surface area contributed by atoms with E-state index in [0.717, 1.165) is 16.6 Å². The molecule has 3 aromatic rings. The molecule has 3 heterocycles. The molecule has 0 aromatic carbocycles. The molecule has 0 aliphatic rings. The van der Waals surface area contributed by atoms with Gasteiger partial charge in [0.2, 0.25) is 13.9 Å². The molecule has 0 atom stereocenters. The zero-order valence-corrected chi connectivity index (χ0v) is 15.9. The first-order chi connectivity index (χ1) is 12.9. The van der Waals surface area contributed by atoms with E-state index in [0.29, 0.717) is 29.6 Å². The van der Waals surface area contributed by atoms with E-state index in [1.165, 1.54) is 7.11 Å². The summed E-state index contributed by atoms with van der Waals surface area (Å²) in [5.74, 6) is 0.882. The fraction of sp³-hybridized carbons (Fsp3) is 0.294. The molecule has 3 aromatic heterocycles. The van der Waals surface area contributed by atoms with Gasteiger partial charge in [-0.05, 0) is 19.2 Å². The average Bonchev–Trinajstić information content (AvgIpc) is 3.01. The van der Waals surface area contributed by atoms with Crippen LogP contribution in [0.1, 0.15) is 5.69 Å². The molecule has 3 rings (SSSR count). The Kier molecular flexibility index (Phi) is 5.27. The molecule has 0 unspecified atom stereocenters. The number of rotatable bonds is 6. The highest BCUT2D eigenvalue weighted by Gasteiger charge is 2.19. The molecule has 0 radical (unpaired) electrons. The Morgan fingerprint density at radius 1 is 1.41 bits per heavy atom. The van der Waals surface area contributed by atoms with Crippen molar-refractivity contribution in [3.8, 4) is 11.3 Å². The van der Waals surface area contributed by atoms with Gasteiger partial charge >= 0.3 is 0 Å². The van der Waals surface area contributed by atoms with Gasteiger partial charge in [0.05, 0.1) is 35.3 Å². The summed E-state index contributed by atoms with van der Waals surface area (Å²) in [6, 6.07) is 5.59.